The Morgan fingerprint density at radius 1 is 1.15 bits per heavy atom. The molecule has 3 aliphatic rings. The number of carboxylic acids is 2. The Bertz CT molecular complexity index is 1060. The molecule has 5 atom stereocenters. The SMILES string of the molecule is C=C1CC[C@H]2[C@](C)(COC(=O)CCC(=O)[O-])[C@H](OC(=O)CCC(=O)O)CC[C@@]2(C)[C@H]1/C=C/C1=CCOC1=O.[K+]. The molecule has 10 nitrogen and oxygen atoms in total. The van der Waals surface area contributed by atoms with E-state index < -0.39 is 41.8 Å². The van der Waals surface area contributed by atoms with Crippen molar-refractivity contribution in [2.24, 2.45) is 22.7 Å². The van der Waals surface area contributed by atoms with Gasteiger partial charge in [0.2, 0.25) is 0 Å². The van der Waals surface area contributed by atoms with Crippen LogP contribution in [0.3, 0.4) is 0 Å². The van der Waals surface area contributed by atoms with Crippen LogP contribution in [0.25, 0.3) is 0 Å². The molecule has 1 aliphatic heterocycles. The second kappa shape index (κ2) is 14.2. The minimum absolute atomic E-state index is 0. The first-order chi connectivity index (χ1) is 17.9. The van der Waals surface area contributed by atoms with Crippen molar-refractivity contribution in [2.45, 2.75) is 71.3 Å². The van der Waals surface area contributed by atoms with Gasteiger partial charge in [-0.25, -0.2) is 4.79 Å². The predicted molar refractivity (Wildman–Crippen MR) is 131 cm³/mol. The maximum atomic E-state index is 12.5. The van der Waals surface area contributed by atoms with Gasteiger partial charge in [0, 0.05) is 17.3 Å². The smallest absolute Gasteiger partial charge is 0.550 e. The third-order valence-electron chi connectivity index (χ3n) is 8.29. The van der Waals surface area contributed by atoms with E-state index in [0.717, 1.165) is 5.57 Å². The van der Waals surface area contributed by atoms with Crippen molar-refractivity contribution in [3.05, 3.63) is 36.0 Å². The Morgan fingerprint density at radius 3 is 2.46 bits per heavy atom. The molecular weight excluding hydrogens is 535 g/mol. The standard InChI is InChI=1S/C28H36O10.K/c1-17-4-7-20-27(2,19(17)6-5-18-13-15-36-26(18)35)14-12-21(38-25(34)11-9-23(31)32)28(20,3)16-37-24(33)10-8-22(29)30;/h5-6,13,19-21H,1,4,7-12,14-16H2,2-3H3,(H,29,30)(H,31,32);/q;+1/p-1/b6-5+;/t19-,20+,21+,27-,28-;/m0./s1. The number of carbonyl (C=O) groups excluding carboxylic acids is 4. The first kappa shape index (κ1) is 33.4. The van der Waals surface area contributed by atoms with Gasteiger partial charge in [0.15, 0.2) is 0 Å². The molecule has 0 bridgehead atoms. The van der Waals surface area contributed by atoms with Gasteiger partial charge in [-0.3, -0.25) is 14.4 Å². The van der Waals surface area contributed by atoms with Crippen molar-refractivity contribution in [2.75, 3.05) is 13.2 Å². The molecule has 11 heteroatoms. The number of aliphatic carboxylic acids is 2. The molecule has 0 unspecified atom stereocenters. The number of cyclic esters (lactones) is 1. The topological polar surface area (TPSA) is 156 Å². The molecule has 0 spiro atoms. The van der Waals surface area contributed by atoms with Gasteiger partial charge in [0.05, 0.1) is 24.8 Å². The van der Waals surface area contributed by atoms with Crippen LogP contribution in [0.5, 0.6) is 0 Å². The largest absolute Gasteiger partial charge is 1.00 e. The predicted octanol–water partition coefficient (Wildman–Crippen LogP) is -0.731. The van der Waals surface area contributed by atoms with Gasteiger partial charge in [-0.1, -0.05) is 38.2 Å². The number of allylic oxidation sites excluding steroid dienone is 2. The fraction of sp³-hybridized carbons (Fsp3) is 0.607. The van der Waals surface area contributed by atoms with Crippen LogP contribution < -0.4 is 56.5 Å². The summed E-state index contributed by atoms with van der Waals surface area (Å²) in [6.45, 7) is 8.44. The molecule has 0 amide bonds. The maximum Gasteiger partial charge on any atom is 1.00 e. The number of fused-ring (bicyclic) bond motifs is 1. The summed E-state index contributed by atoms with van der Waals surface area (Å²) in [6.07, 6.45) is 5.84. The van der Waals surface area contributed by atoms with Crippen LogP contribution in [-0.4, -0.2) is 54.3 Å². The molecule has 0 aromatic carbocycles. The third kappa shape index (κ3) is 8.13. The van der Waals surface area contributed by atoms with Crippen LogP contribution in [0, 0.1) is 22.7 Å². The van der Waals surface area contributed by atoms with Gasteiger partial charge in [-0.2, -0.15) is 0 Å². The molecule has 2 fully saturated rings. The summed E-state index contributed by atoms with van der Waals surface area (Å²) in [5, 5.41) is 19.7. The van der Waals surface area contributed by atoms with Crippen molar-refractivity contribution in [3.8, 4) is 0 Å². The number of rotatable bonds is 11. The monoisotopic (exact) mass is 570 g/mol. The van der Waals surface area contributed by atoms with E-state index >= 15 is 0 Å². The molecule has 1 N–H and O–H groups in total. The second-order valence-corrected chi connectivity index (χ2v) is 10.8. The zero-order chi connectivity index (χ0) is 28.1. The van der Waals surface area contributed by atoms with Crippen molar-refractivity contribution in [1.82, 2.24) is 0 Å². The van der Waals surface area contributed by atoms with Gasteiger partial charge in [0.25, 0.3) is 0 Å². The molecule has 0 aromatic heterocycles. The van der Waals surface area contributed by atoms with E-state index in [2.05, 4.69) is 13.5 Å². The number of esters is 3. The Kier molecular flexibility index (Phi) is 12.2. The van der Waals surface area contributed by atoms with E-state index in [-0.39, 0.29) is 107 Å². The zero-order valence-electron chi connectivity index (χ0n) is 22.9. The molecule has 1 heterocycles. The van der Waals surface area contributed by atoms with Crippen LogP contribution >= 0.6 is 0 Å². The Hall–Kier alpha value is -1.79. The molecular formula is C28H35KO10. The van der Waals surface area contributed by atoms with Gasteiger partial charge < -0.3 is 29.2 Å². The molecule has 2 saturated carbocycles. The van der Waals surface area contributed by atoms with Crippen LogP contribution in [0.15, 0.2) is 36.0 Å². The van der Waals surface area contributed by atoms with Gasteiger partial charge >= 0.3 is 75.3 Å². The quantitative estimate of drug-likeness (QED) is 0.145. The van der Waals surface area contributed by atoms with E-state index in [1.807, 2.05) is 13.0 Å². The molecule has 0 radical (unpaired) electrons. The first-order valence-electron chi connectivity index (χ1n) is 12.9. The van der Waals surface area contributed by atoms with Crippen molar-refractivity contribution < 1.29 is 99.8 Å². The molecule has 2 aliphatic carbocycles. The molecule has 208 valence electrons. The summed E-state index contributed by atoms with van der Waals surface area (Å²) >= 11 is 0. The van der Waals surface area contributed by atoms with Crippen LogP contribution in [0.4, 0.5) is 0 Å². The average Bonchev–Trinajstić information content (AvgIpc) is 3.26. The summed E-state index contributed by atoms with van der Waals surface area (Å²) in [7, 11) is 0. The fourth-order valence-corrected chi connectivity index (χ4v) is 6.30. The van der Waals surface area contributed by atoms with Crippen LogP contribution in [-0.2, 0) is 38.2 Å². The maximum absolute atomic E-state index is 12.5. The fourth-order valence-electron chi connectivity index (χ4n) is 6.30. The van der Waals surface area contributed by atoms with E-state index in [0.29, 0.717) is 31.3 Å². The van der Waals surface area contributed by atoms with Crippen molar-refractivity contribution in [1.29, 1.82) is 0 Å². The Morgan fingerprint density at radius 2 is 1.85 bits per heavy atom. The third-order valence-corrected chi connectivity index (χ3v) is 8.29. The Balaban J connectivity index is 0.00000533. The number of carbonyl (C=O) groups is 5. The summed E-state index contributed by atoms with van der Waals surface area (Å²) in [5.41, 5.74) is 0.290. The number of carboxylic acid groups (broad SMARTS) is 2. The van der Waals surface area contributed by atoms with Crippen molar-refractivity contribution >= 4 is 29.8 Å². The number of hydrogen-bond donors (Lipinski definition) is 1. The summed E-state index contributed by atoms with van der Waals surface area (Å²) in [6, 6.07) is 0. The second-order valence-electron chi connectivity index (χ2n) is 10.8. The van der Waals surface area contributed by atoms with Crippen LogP contribution in [0.2, 0.25) is 0 Å². The normalized spacial score (nSPS) is 30.0. The molecule has 0 saturated heterocycles. The van der Waals surface area contributed by atoms with E-state index in [1.54, 1.807) is 12.2 Å². The Labute approximate surface area is 270 Å². The van der Waals surface area contributed by atoms with E-state index in [9.17, 15) is 29.1 Å². The zero-order valence-corrected chi connectivity index (χ0v) is 26.0. The first-order valence-corrected chi connectivity index (χ1v) is 12.9. The van der Waals surface area contributed by atoms with Gasteiger partial charge in [0.1, 0.15) is 19.3 Å². The molecule has 39 heavy (non-hydrogen) atoms. The molecule has 0 aromatic rings. The minimum atomic E-state index is -1.36. The summed E-state index contributed by atoms with van der Waals surface area (Å²) in [4.78, 5) is 58.5. The van der Waals surface area contributed by atoms with Gasteiger partial charge in [-0.05, 0) is 49.5 Å². The minimum Gasteiger partial charge on any atom is -0.550 e. The van der Waals surface area contributed by atoms with E-state index in [4.69, 9.17) is 19.3 Å². The molecule has 3 rings (SSSR count). The van der Waals surface area contributed by atoms with Crippen molar-refractivity contribution in [3.63, 3.8) is 0 Å². The number of hydrogen-bond acceptors (Lipinski definition) is 9. The summed E-state index contributed by atoms with van der Waals surface area (Å²) < 4.78 is 16.3. The summed E-state index contributed by atoms with van der Waals surface area (Å²) in [5.74, 6) is -4.38. The average molecular weight is 571 g/mol. The van der Waals surface area contributed by atoms with Gasteiger partial charge in [-0.15, -0.1) is 0 Å². The van der Waals surface area contributed by atoms with Crippen LogP contribution in [0.1, 0.15) is 65.2 Å². The van der Waals surface area contributed by atoms with E-state index in [1.165, 1.54) is 0 Å². The number of ether oxygens (including phenoxy) is 3.